The fourth-order valence-electron chi connectivity index (χ4n) is 11.4. The monoisotopic (exact) mass is 962 g/mol. The van der Waals surface area contributed by atoms with E-state index >= 15 is 0 Å². The molecule has 0 bridgehead atoms. The maximum Gasteiger partial charge on any atom is 0.115 e. The summed E-state index contributed by atoms with van der Waals surface area (Å²) in [5.74, 6) is 0. The first-order valence-corrected chi connectivity index (χ1v) is 26.1. The molecule has 0 saturated carbocycles. The van der Waals surface area contributed by atoms with Crippen LogP contribution in [0.3, 0.4) is 0 Å². The first-order chi connectivity index (χ1) is 37.1. The highest BCUT2D eigenvalue weighted by Gasteiger charge is 2.37. The average Bonchev–Trinajstić information content (AvgIpc) is 4.24. The van der Waals surface area contributed by atoms with Crippen molar-refractivity contribution in [2.75, 3.05) is 0 Å². The lowest BCUT2D eigenvalue weighted by Gasteiger charge is -2.43. The van der Waals surface area contributed by atoms with Crippen molar-refractivity contribution in [3.8, 4) is 33.6 Å². The summed E-state index contributed by atoms with van der Waals surface area (Å²) in [6.45, 7) is 0. The summed E-state index contributed by atoms with van der Waals surface area (Å²) in [5, 5.41) is 3.15. The van der Waals surface area contributed by atoms with Gasteiger partial charge in [0.2, 0.25) is 0 Å². The van der Waals surface area contributed by atoms with Crippen molar-refractivity contribution < 1.29 is 0 Å². The predicted octanol–water partition coefficient (Wildman–Crippen LogP) is -0.331. The minimum absolute atomic E-state index is 0.0436. The second-order valence-electron chi connectivity index (χ2n) is 19.1. The van der Waals surface area contributed by atoms with Gasteiger partial charge < -0.3 is 9.13 Å². The average molecular weight is 960 g/mol. The number of rotatable bonds is 8. The van der Waals surface area contributed by atoms with E-state index in [-0.39, 0.29) is 71.0 Å². The Morgan fingerprint density at radius 3 is 1.08 bits per heavy atom. The Morgan fingerprint density at radius 1 is 0.273 bits per heavy atom. The highest BCUT2D eigenvalue weighted by molar-refractivity contribution is 8.34. The van der Waals surface area contributed by atoms with Gasteiger partial charge in [-0.25, -0.2) is 0 Å². The van der Waals surface area contributed by atoms with E-state index in [0.717, 1.165) is 58.0 Å². The zero-order valence-electron chi connectivity index (χ0n) is 41.6. The molecular weight excluding hydrogens is 932 g/mol. The summed E-state index contributed by atoms with van der Waals surface area (Å²) < 4.78 is 4.22. The number of benzene rings is 10. The lowest BCUT2D eigenvalue weighted by molar-refractivity contribution is 1.16. The molecule has 0 fully saturated rings. The number of aromatic nitrogens is 2. The number of para-hydroxylation sites is 2. The van der Waals surface area contributed by atoms with Gasteiger partial charge in [0.05, 0.1) is 27.9 Å². The molecule has 0 unspecified atom stereocenters. The van der Waals surface area contributed by atoms with Gasteiger partial charge in [-0.2, -0.15) is 0 Å². The Hall–Kier alpha value is -6.94. The Kier molecular flexibility index (Phi) is 12.7. The van der Waals surface area contributed by atoms with Gasteiger partial charge >= 0.3 is 0 Å². The van der Waals surface area contributed by atoms with Crippen LogP contribution in [0.15, 0.2) is 189 Å². The standard InChI is InChI=1S/C60H28B14N2S/c61-45-42(46(62)51(67)55(71)50(45)66)35-27-32(77(29-15-4-1-5-16-29,30-17-6-2-7-18-30)31-19-8-3-9-20-31)28-36(43-47(63)52(68)56(72)53(69)48(43)64)59(35)75-37-23-12-10-21-33(37)41-39(75)25-14-26-40(41)76-38-24-13-11-22-34(38)44-49(65)54(70)57(73)58(74)60(44)76/h1-28H. The number of fused-ring (bicyclic) bond motifs is 6. The van der Waals surface area contributed by atoms with Gasteiger partial charge in [0, 0.05) is 52.4 Å². The number of nitrogens with zero attached hydrogens (tertiary/aromatic N) is 2. The van der Waals surface area contributed by atoms with Crippen molar-refractivity contribution in [3.63, 3.8) is 0 Å². The van der Waals surface area contributed by atoms with Crippen LogP contribution in [-0.2, 0) is 0 Å². The SMILES string of the molecule is [B]c1c([B])c([B])c(-c2cc(S(c3ccccc3)(c3ccccc3)c3ccccc3)cc(-c3c([B])c([B])c([B])c([B])c3[B])c2-n2c3ccccc3c3c(-n4c5ccccc5c5c([B])c([B])c([B])c([B])c54)cccc32)c([B])c1[B]. The number of hydrogen-bond donors (Lipinski definition) is 0. The van der Waals surface area contributed by atoms with Crippen molar-refractivity contribution >= 4 is 240 Å². The molecule has 0 aliphatic rings. The van der Waals surface area contributed by atoms with Crippen LogP contribution in [0.1, 0.15) is 0 Å². The quantitative estimate of drug-likeness (QED) is 0.185. The molecule has 10 aromatic carbocycles. The molecule has 0 spiro atoms. The van der Waals surface area contributed by atoms with Gasteiger partial charge in [-0.15, -0.1) is 53.7 Å². The summed E-state index contributed by atoms with van der Waals surface area (Å²) in [6, 6.07) is 57.2. The van der Waals surface area contributed by atoms with Crippen LogP contribution in [0.5, 0.6) is 0 Å². The van der Waals surface area contributed by atoms with Gasteiger partial charge in [0.1, 0.15) is 110 Å². The smallest absolute Gasteiger partial charge is 0.115 e. The summed E-state index contributed by atoms with van der Waals surface area (Å²) >= 11 is 0. The van der Waals surface area contributed by atoms with Crippen LogP contribution in [-0.4, -0.2) is 119 Å². The van der Waals surface area contributed by atoms with Gasteiger partial charge in [-0.1, -0.05) is 130 Å². The lowest BCUT2D eigenvalue weighted by atomic mass is 9.58. The molecule has 0 N–H and O–H groups in total. The highest BCUT2D eigenvalue weighted by Crippen LogP contribution is 2.74. The fraction of sp³-hybridized carbons (Fsp3) is 0. The Bertz CT molecular complexity index is 4200. The van der Waals surface area contributed by atoms with E-state index < -0.39 is 10.0 Å². The van der Waals surface area contributed by atoms with Crippen LogP contribution < -0.4 is 76.5 Å². The van der Waals surface area contributed by atoms with Crippen LogP contribution in [0.25, 0.3) is 77.2 Å². The second-order valence-corrected chi connectivity index (χ2v) is 22.2. The zero-order chi connectivity index (χ0) is 53.9. The largest absolute Gasteiger partial charge is 0.309 e. The third-order valence-corrected chi connectivity index (χ3v) is 19.0. The van der Waals surface area contributed by atoms with E-state index in [4.69, 9.17) is 110 Å². The second kappa shape index (κ2) is 19.2. The summed E-state index contributed by atoms with van der Waals surface area (Å²) in [5.41, 5.74) is 7.33. The van der Waals surface area contributed by atoms with E-state index in [1.165, 1.54) is 0 Å². The van der Waals surface area contributed by atoms with Crippen LogP contribution >= 0.6 is 10.0 Å². The molecule has 2 nitrogen and oxygen atoms in total. The normalized spacial score (nSPS) is 12.1. The van der Waals surface area contributed by atoms with E-state index in [2.05, 4.69) is 63.7 Å². The molecular formula is C60H28B14N2S. The predicted molar refractivity (Wildman–Crippen MR) is 341 cm³/mol. The molecule has 326 valence electrons. The van der Waals surface area contributed by atoms with Gasteiger partial charge in [0.15, 0.2) is 0 Å². The molecule has 2 heterocycles. The Balaban J connectivity index is 1.36. The molecule has 2 aromatic heterocycles. The van der Waals surface area contributed by atoms with Crippen LogP contribution in [0, 0.1) is 0 Å². The van der Waals surface area contributed by atoms with Crippen molar-refractivity contribution in [3.05, 3.63) is 170 Å². The molecule has 12 aromatic rings. The van der Waals surface area contributed by atoms with E-state index in [0.29, 0.717) is 44.3 Å². The fourth-order valence-corrected chi connectivity index (χ4v) is 15.3. The molecule has 0 aliphatic heterocycles. The maximum atomic E-state index is 7.29. The number of hydrogen-bond acceptors (Lipinski definition) is 0. The molecule has 0 saturated heterocycles. The van der Waals surface area contributed by atoms with E-state index in [1.807, 2.05) is 115 Å². The van der Waals surface area contributed by atoms with Gasteiger partial charge in [0.25, 0.3) is 0 Å². The first kappa shape index (κ1) is 50.9. The molecule has 0 amide bonds. The van der Waals surface area contributed by atoms with Gasteiger partial charge in [-0.05, 0) is 89.3 Å². The van der Waals surface area contributed by atoms with Gasteiger partial charge in [-0.3, -0.25) is 0 Å². The molecule has 0 aliphatic carbocycles. The lowest BCUT2D eigenvalue weighted by Crippen LogP contribution is -2.55. The third-order valence-electron chi connectivity index (χ3n) is 15.1. The summed E-state index contributed by atoms with van der Waals surface area (Å²) in [4.78, 5) is 3.83. The first-order valence-electron chi connectivity index (χ1n) is 24.5. The highest BCUT2D eigenvalue weighted by atomic mass is 32.3. The molecule has 77 heavy (non-hydrogen) atoms. The van der Waals surface area contributed by atoms with E-state index in [9.17, 15) is 0 Å². The maximum absolute atomic E-state index is 7.29. The molecule has 0 atom stereocenters. The zero-order valence-corrected chi connectivity index (χ0v) is 42.4. The molecule has 17 heteroatoms. The minimum atomic E-state index is -2.53. The molecule has 12 rings (SSSR count). The third kappa shape index (κ3) is 7.39. The van der Waals surface area contributed by atoms with Crippen LogP contribution in [0.2, 0.25) is 0 Å². The Labute approximate surface area is 469 Å². The van der Waals surface area contributed by atoms with Crippen molar-refractivity contribution in [1.29, 1.82) is 0 Å². The van der Waals surface area contributed by atoms with Crippen molar-refractivity contribution in [2.24, 2.45) is 0 Å². The summed E-state index contributed by atoms with van der Waals surface area (Å²) in [6.07, 6.45) is 0. The van der Waals surface area contributed by atoms with Crippen LogP contribution in [0.4, 0.5) is 0 Å². The molecule has 28 radical (unpaired) electrons. The minimum Gasteiger partial charge on any atom is -0.309 e. The van der Waals surface area contributed by atoms with Crippen molar-refractivity contribution in [1.82, 2.24) is 9.13 Å². The topological polar surface area (TPSA) is 9.86 Å². The van der Waals surface area contributed by atoms with E-state index in [1.54, 1.807) is 0 Å². The summed E-state index contributed by atoms with van der Waals surface area (Å²) in [7, 11) is 94.5. The Morgan fingerprint density at radius 2 is 0.623 bits per heavy atom. The van der Waals surface area contributed by atoms with Crippen molar-refractivity contribution in [2.45, 2.75) is 19.6 Å².